The number of aliphatic hydroxyl groups is 8. The van der Waals surface area contributed by atoms with Gasteiger partial charge in [0, 0.05) is 6.54 Å². The predicted molar refractivity (Wildman–Crippen MR) is 147 cm³/mol. The van der Waals surface area contributed by atoms with Gasteiger partial charge in [-0.3, -0.25) is 4.79 Å². The SMILES string of the molecule is CCCCCCCCCCCCCCCCNC(=O)[C@H](O)[C@@H](O)C(O[C@@H]1O[C@H](CO)[C@H](O)[C@H](O)[C@H]1O)[C@H](O)CO. The van der Waals surface area contributed by atoms with Crippen LogP contribution in [0.3, 0.4) is 0 Å². The standard InChI is InChI=1S/C28H55NO11/c1-2-3-4-5-6-7-8-9-10-11-12-13-14-15-16-29-27(38)24(36)23(35)26(19(32)17-30)40-28-25(37)22(34)21(33)20(18-31)39-28/h19-26,28,30-37H,2-18H2,1H3,(H,29,38)/t19-,20-,21+,22+,23-,24-,25-,26?,28+/m1/s1. The number of ether oxygens (including phenoxy) is 2. The van der Waals surface area contributed by atoms with E-state index in [1.54, 1.807) is 0 Å². The van der Waals surface area contributed by atoms with Gasteiger partial charge < -0.3 is 55.6 Å². The molecule has 1 aliphatic rings. The van der Waals surface area contributed by atoms with Crippen LogP contribution in [0.25, 0.3) is 0 Å². The van der Waals surface area contributed by atoms with Crippen molar-refractivity contribution < 1.29 is 55.1 Å². The zero-order chi connectivity index (χ0) is 29.9. The van der Waals surface area contributed by atoms with Gasteiger partial charge in [0.25, 0.3) is 5.91 Å². The van der Waals surface area contributed by atoms with Crippen LogP contribution in [-0.2, 0) is 14.3 Å². The van der Waals surface area contributed by atoms with Crippen LogP contribution in [-0.4, -0.2) is 122 Å². The number of rotatable bonds is 23. The first-order chi connectivity index (χ1) is 19.2. The van der Waals surface area contributed by atoms with Gasteiger partial charge in [0.15, 0.2) is 12.4 Å². The normalized spacial score (nSPS) is 26.3. The van der Waals surface area contributed by atoms with Gasteiger partial charge in [0.2, 0.25) is 0 Å². The van der Waals surface area contributed by atoms with Crippen LogP contribution in [0.15, 0.2) is 0 Å². The Kier molecular flexibility index (Phi) is 20.1. The molecule has 40 heavy (non-hydrogen) atoms. The van der Waals surface area contributed by atoms with Crippen LogP contribution in [0.5, 0.6) is 0 Å². The van der Waals surface area contributed by atoms with Gasteiger partial charge in [0.05, 0.1) is 13.2 Å². The molecule has 0 spiro atoms. The quantitative estimate of drug-likeness (QED) is 0.0724. The lowest BCUT2D eigenvalue weighted by molar-refractivity contribution is -0.326. The Morgan fingerprint density at radius 3 is 1.75 bits per heavy atom. The Morgan fingerprint density at radius 1 is 0.775 bits per heavy atom. The zero-order valence-corrected chi connectivity index (χ0v) is 24.0. The van der Waals surface area contributed by atoms with E-state index in [0.717, 1.165) is 19.3 Å². The molecule has 1 rings (SSSR count). The zero-order valence-electron chi connectivity index (χ0n) is 24.0. The largest absolute Gasteiger partial charge is 0.394 e. The van der Waals surface area contributed by atoms with E-state index in [1.807, 2.05) is 0 Å². The van der Waals surface area contributed by atoms with E-state index in [4.69, 9.17) is 9.47 Å². The Labute approximate surface area is 238 Å². The van der Waals surface area contributed by atoms with Gasteiger partial charge in [-0.15, -0.1) is 0 Å². The van der Waals surface area contributed by atoms with E-state index in [1.165, 1.54) is 64.2 Å². The molecule has 1 fully saturated rings. The Balaban J connectivity index is 2.32. The molecule has 0 aromatic carbocycles. The predicted octanol–water partition coefficient (Wildman–Crippen LogP) is -0.156. The molecule has 1 saturated heterocycles. The fourth-order valence-electron chi connectivity index (χ4n) is 4.81. The highest BCUT2D eigenvalue weighted by molar-refractivity contribution is 5.81. The van der Waals surface area contributed by atoms with E-state index in [9.17, 15) is 45.6 Å². The highest BCUT2D eigenvalue weighted by Crippen LogP contribution is 2.25. The summed E-state index contributed by atoms with van der Waals surface area (Å²) in [6, 6.07) is 0. The van der Waals surface area contributed by atoms with Crippen molar-refractivity contribution in [2.75, 3.05) is 19.8 Å². The summed E-state index contributed by atoms with van der Waals surface area (Å²) < 4.78 is 10.5. The molecule has 1 heterocycles. The first-order valence-corrected chi connectivity index (χ1v) is 15.1. The maximum absolute atomic E-state index is 12.4. The second-order valence-corrected chi connectivity index (χ2v) is 10.9. The van der Waals surface area contributed by atoms with Crippen LogP contribution in [0.2, 0.25) is 0 Å². The number of carbonyl (C=O) groups is 1. The summed E-state index contributed by atoms with van der Waals surface area (Å²) in [6.07, 6.45) is 0.720. The minimum atomic E-state index is -2.04. The molecule has 0 aromatic heterocycles. The average molecular weight is 582 g/mol. The fourth-order valence-corrected chi connectivity index (χ4v) is 4.81. The first-order valence-electron chi connectivity index (χ1n) is 15.1. The molecule has 1 aliphatic heterocycles. The number of nitrogens with one attached hydrogen (secondary N) is 1. The van der Waals surface area contributed by atoms with E-state index >= 15 is 0 Å². The number of carbonyl (C=O) groups excluding carboxylic acids is 1. The topological polar surface area (TPSA) is 209 Å². The summed E-state index contributed by atoms with van der Waals surface area (Å²) in [6.45, 7) is 0.853. The van der Waals surface area contributed by atoms with Crippen molar-refractivity contribution in [2.45, 2.75) is 152 Å². The smallest absolute Gasteiger partial charge is 0.251 e. The molecule has 9 atom stereocenters. The molecule has 1 amide bonds. The molecule has 1 unspecified atom stereocenters. The summed E-state index contributed by atoms with van der Waals surface area (Å²) >= 11 is 0. The van der Waals surface area contributed by atoms with Crippen LogP contribution in [0, 0.1) is 0 Å². The first kappa shape index (κ1) is 37.1. The van der Waals surface area contributed by atoms with Gasteiger partial charge in [-0.2, -0.15) is 0 Å². The van der Waals surface area contributed by atoms with Crippen molar-refractivity contribution in [2.24, 2.45) is 0 Å². The number of aliphatic hydroxyl groups excluding tert-OH is 8. The van der Waals surface area contributed by atoms with Crippen molar-refractivity contribution in [1.82, 2.24) is 5.32 Å². The number of amides is 1. The fraction of sp³-hybridized carbons (Fsp3) is 0.964. The molecule has 0 aliphatic carbocycles. The Morgan fingerprint density at radius 2 is 1.27 bits per heavy atom. The lowest BCUT2D eigenvalue weighted by Crippen LogP contribution is -2.62. The van der Waals surface area contributed by atoms with Gasteiger partial charge in [-0.05, 0) is 6.42 Å². The van der Waals surface area contributed by atoms with E-state index < -0.39 is 74.2 Å². The van der Waals surface area contributed by atoms with Crippen LogP contribution in [0.4, 0.5) is 0 Å². The molecular weight excluding hydrogens is 526 g/mol. The molecule has 238 valence electrons. The lowest BCUT2D eigenvalue weighted by atomic mass is 9.98. The highest BCUT2D eigenvalue weighted by atomic mass is 16.7. The third-order valence-corrected chi connectivity index (χ3v) is 7.46. The second kappa shape index (κ2) is 21.7. The third-order valence-electron chi connectivity index (χ3n) is 7.46. The molecule has 12 nitrogen and oxygen atoms in total. The number of unbranched alkanes of at least 4 members (excludes halogenated alkanes) is 13. The highest BCUT2D eigenvalue weighted by Gasteiger charge is 2.47. The summed E-state index contributed by atoms with van der Waals surface area (Å²) in [4.78, 5) is 12.4. The van der Waals surface area contributed by atoms with Crippen molar-refractivity contribution in [3.63, 3.8) is 0 Å². The average Bonchev–Trinajstić information content (AvgIpc) is 2.96. The molecule has 12 heteroatoms. The van der Waals surface area contributed by atoms with E-state index in [-0.39, 0.29) is 6.54 Å². The Bertz CT molecular complexity index is 641. The number of hydrogen-bond acceptors (Lipinski definition) is 11. The van der Waals surface area contributed by atoms with Crippen LogP contribution in [0.1, 0.15) is 96.8 Å². The van der Waals surface area contributed by atoms with Crippen molar-refractivity contribution in [3.8, 4) is 0 Å². The maximum atomic E-state index is 12.4. The summed E-state index contributed by atoms with van der Waals surface area (Å²) in [5.74, 6) is -0.908. The van der Waals surface area contributed by atoms with Gasteiger partial charge >= 0.3 is 0 Å². The minimum absolute atomic E-state index is 0.279. The van der Waals surface area contributed by atoms with Crippen molar-refractivity contribution >= 4 is 5.91 Å². The molecule has 0 bridgehead atoms. The monoisotopic (exact) mass is 581 g/mol. The summed E-state index contributed by atoms with van der Waals surface area (Å²) in [5.41, 5.74) is 0. The molecule has 0 aromatic rings. The van der Waals surface area contributed by atoms with E-state index in [2.05, 4.69) is 12.2 Å². The maximum Gasteiger partial charge on any atom is 0.251 e. The van der Waals surface area contributed by atoms with Crippen LogP contribution >= 0.6 is 0 Å². The summed E-state index contributed by atoms with van der Waals surface area (Å²) in [5, 5.41) is 82.1. The minimum Gasteiger partial charge on any atom is -0.394 e. The Hall–Kier alpha value is -0.930. The van der Waals surface area contributed by atoms with E-state index in [0.29, 0.717) is 6.42 Å². The summed E-state index contributed by atoms with van der Waals surface area (Å²) in [7, 11) is 0. The van der Waals surface area contributed by atoms with Crippen LogP contribution < -0.4 is 5.32 Å². The van der Waals surface area contributed by atoms with Gasteiger partial charge in [-0.25, -0.2) is 0 Å². The molecule has 9 N–H and O–H groups in total. The van der Waals surface area contributed by atoms with Gasteiger partial charge in [-0.1, -0.05) is 90.4 Å². The van der Waals surface area contributed by atoms with Crippen molar-refractivity contribution in [1.29, 1.82) is 0 Å². The molecular formula is C28H55NO11. The third kappa shape index (κ3) is 13.4. The molecule has 0 saturated carbocycles. The van der Waals surface area contributed by atoms with Crippen molar-refractivity contribution in [3.05, 3.63) is 0 Å². The lowest BCUT2D eigenvalue weighted by Gasteiger charge is -2.42. The van der Waals surface area contributed by atoms with Gasteiger partial charge in [0.1, 0.15) is 42.7 Å². The second-order valence-electron chi connectivity index (χ2n) is 10.9. The molecule has 0 radical (unpaired) electrons. The number of hydrogen-bond donors (Lipinski definition) is 9.